The Morgan fingerprint density at radius 3 is 2.48 bits per heavy atom. The minimum atomic E-state index is -0.473. The second-order valence-electron chi connectivity index (χ2n) is 5.62. The molecular weight excluding hydrogens is 264 g/mol. The van der Waals surface area contributed by atoms with Crippen LogP contribution in [0.25, 0.3) is 0 Å². The summed E-state index contributed by atoms with van der Waals surface area (Å²) in [5, 5.41) is 0. The number of carbonyl (C=O) groups excluding carboxylic acids is 1. The van der Waals surface area contributed by atoms with Gasteiger partial charge in [-0.3, -0.25) is 0 Å². The van der Waals surface area contributed by atoms with Crippen LogP contribution >= 0.6 is 0 Å². The quantitative estimate of drug-likeness (QED) is 0.441. The third-order valence-electron chi connectivity index (χ3n) is 4.37. The molecule has 0 aromatic heterocycles. The Hall–Kier alpha value is -1.77. The summed E-state index contributed by atoms with van der Waals surface area (Å²) >= 11 is 0. The summed E-state index contributed by atoms with van der Waals surface area (Å²) in [6, 6.07) is 8.15. The molecular formula is C18H24O3. The fourth-order valence-corrected chi connectivity index (χ4v) is 2.95. The number of rotatable bonds is 6. The van der Waals surface area contributed by atoms with E-state index in [0.29, 0.717) is 5.92 Å². The van der Waals surface area contributed by atoms with Gasteiger partial charge in [0.15, 0.2) is 0 Å². The van der Waals surface area contributed by atoms with Gasteiger partial charge in [-0.1, -0.05) is 32.1 Å². The number of carbonyl (C=O) groups is 1. The molecule has 1 aliphatic rings. The van der Waals surface area contributed by atoms with Crippen molar-refractivity contribution in [2.45, 2.75) is 44.9 Å². The molecule has 1 aromatic rings. The lowest BCUT2D eigenvalue weighted by molar-refractivity contribution is -0.144. The molecule has 3 heteroatoms. The zero-order chi connectivity index (χ0) is 15.1. The lowest BCUT2D eigenvalue weighted by Crippen LogP contribution is -2.12. The topological polar surface area (TPSA) is 35.5 Å². The summed E-state index contributed by atoms with van der Waals surface area (Å²) in [7, 11) is 0. The summed E-state index contributed by atoms with van der Waals surface area (Å²) < 4.78 is 10.2. The van der Waals surface area contributed by atoms with Crippen LogP contribution in [0.1, 0.15) is 50.5 Å². The molecule has 1 saturated carbocycles. The van der Waals surface area contributed by atoms with Crippen LogP contribution in [0, 0.1) is 5.92 Å². The van der Waals surface area contributed by atoms with Crippen LogP contribution in [0.2, 0.25) is 0 Å². The average Bonchev–Trinajstić information content (AvgIpc) is 2.55. The first-order valence-electron chi connectivity index (χ1n) is 7.75. The van der Waals surface area contributed by atoms with Gasteiger partial charge in [0.25, 0.3) is 0 Å². The minimum absolute atomic E-state index is 0.0776. The van der Waals surface area contributed by atoms with Gasteiger partial charge in [-0.15, -0.1) is 0 Å². The van der Waals surface area contributed by atoms with Crippen molar-refractivity contribution >= 4 is 5.97 Å². The van der Waals surface area contributed by atoms with Gasteiger partial charge in [0.05, 0.1) is 0 Å². The number of ether oxygens (including phenoxy) is 2. The van der Waals surface area contributed by atoms with E-state index in [-0.39, 0.29) is 6.79 Å². The van der Waals surface area contributed by atoms with E-state index in [2.05, 4.69) is 25.6 Å². The first kappa shape index (κ1) is 15.6. The van der Waals surface area contributed by atoms with Gasteiger partial charge in [-0.05, 0) is 55.2 Å². The minimum Gasteiger partial charge on any atom is -0.457 e. The van der Waals surface area contributed by atoms with Gasteiger partial charge >= 0.3 is 5.97 Å². The SMILES string of the molecule is C=CC(=O)OCOc1ccc(C2CCC(CC)CC2)cc1. The predicted molar refractivity (Wildman–Crippen MR) is 83.2 cm³/mol. The van der Waals surface area contributed by atoms with E-state index < -0.39 is 5.97 Å². The molecule has 0 N–H and O–H groups in total. The molecule has 1 aliphatic carbocycles. The smallest absolute Gasteiger partial charge is 0.333 e. The Morgan fingerprint density at radius 2 is 1.90 bits per heavy atom. The summed E-state index contributed by atoms with van der Waals surface area (Å²) in [5.41, 5.74) is 1.39. The van der Waals surface area contributed by atoms with E-state index in [4.69, 9.17) is 9.47 Å². The van der Waals surface area contributed by atoms with Crippen LogP contribution in [0.3, 0.4) is 0 Å². The molecule has 0 amide bonds. The van der Waals surface area contributed by atoms with Crippen molar-refractivity contribution in [3.05, 3.63) is 42.5 Å². The largest absolute Gasteiger partial charge is 0.457 e. The van der Waals surface area contributed by atoms with Gasteiger partial charge in [0.2, 0.25) is 6.79 Å². The monoisotopic (exact) mass is 288 g/mol. The van der Waals surface area contributed by atoms with Crippen LogP contribution < -0.4 is 4.74 Å². The second-order valence-corrected chi connectivity index (χ2v) is 5.62. The number of hydrogen-bond acceptors (Lipinski definition) is 3. The van der Waals surface area contributed by atoms with E-state index in [9.17, 15) is 4.79 Å². The molecule has 1 aromatic carbocycles. The summed E-state index contributed by atoms with van der Waals surface area (Å²) in [4.78, 5) is 10.9. The van der Waals surface area contributed by atoms with Crippen molar-refractivity contribution in [2.75, 3.05) is 6.79 Å². The molecule has 3 nitrogen and oxygen atoms in total. The van der Waals surface area contributed by atoms with Crippen molar-refractivity contribution < 1.29 is 14.3 Å². The van der Waals surface area contributed by atoms with Crippen molar-refractivity contribution in [2.24, 2.45) is 5.92 Å². The summed E-state index contributed by atoms with van der Waals surface area (Å²) in [5.74, 6) is 1.85. The highest BCUT2D eigenvalue weighted by molar-refractivity contribution is 5.81. The standard InChI is InChI=1S/C18H24O3/c1-3-14-5-7-15(8-6-14)16-9-11-17(12-10-16)20-13-21-18(19)4-2/h4,9-12,14-15H,2-3,5-8,13H2,1H3. The molecule has 0 saturated heterocycles. The fraction of sp³-hybridized carbons (Fsp3) is 0.500. The molecule has 21 heavy (non-hydrogen) atoms. The molecule has 0 spiro atoms. The molecule has 0 aliphatic heterocycles. The fourth-order valence-electron chi connectivity index (χ4n) is 2.95. The molecule has 1 fully saturated rings. The molecule has 0 heterocycles. The zero-order valence-corrected chi connectivity index (χ0v) is 12.7. The van der Waals surface area contributed by atoms with E-state index in [1.54, 1.807) is 0 Å². The molecule has 0 bridgehead atoms. The maximum absolute atomic E-state index is 10.9. The van der Waals surface area contributed by atoms with E-state index in [0.717, 1.165) is 17.7 Å². The van der Waals surface area contributed by atoms with Crippen LogP contribution in [-0.4, -0.2) is 12.8 Å². The molecule has 2 rings (SSSR count). The molecule has 0 atom stereocenters. The van der Waals surface area contributed by atoms with Crippen LogP contribution in [0.5, 0.6) is 5.75 Å². The van der Waals surface area contributed by atoms with Gasteiger partial charge in [-0.2, -0.15) is 0 Å². The molecule has 0 unspecified atom stereocenters. The van der Waals surface area contributed by atoms with Gasteiger partial charge in [0.1, 0.15) is 5.75 Å². The first-order chi connectivity index (χ1) is 10.2. The van der Waals surface area contributed by atoms with E-state index in [1.165, 1.54) is 37.7 Å². The van der Waals surface area contributed by atoms with E-state index in [1.807, 2.05) is 12.1 Å². The average molecular weight is 288 g/mol. The zero-order valence-electron chi connectivity index (χ0n) is 12.7. The van der Waals surface area contributed by atoms with Crippen molar-refractivity contribution in [1.29, 1.82) is 0 Å². The van der Waals surface area contributed by atoms with Crippen LogP contribution in [0.4, 0.5) is 0 Å². The maximum Gasteiger partial charge on any atom is 0.333 e. The third kappa shape index (κ3) is 4.62. The van der Waals surface area contributed by atoms with Gasteiger partial charge in [-0.25, -0.2) is 4.79 Å². The Labute approximate surface area is 127 Å². The lowest BCUT2D eigenvalue weighted by atomic mass is 9.78. The highest BCUT2D eigenvalue weighted by Crippen LogP contribution is 2.37. The number of benzene rings is 1. The molecule has 114 valence electrons. The maximum atomic E-state index is 10.9. The summed E-state index contributed by atoms with van der Waals surface area (Å²) in [6.45, 7) is 5.54. The van der Waals surface area contributed by atoms with Gasteiger partial charge in [0, 0.05) is 6.08 Å². The Bertz CT molecular complexity index is 456. The number of hydrogen-bond donors (Lipinski definition) is 0. The predicted octanol–water partition coefficient (Wildman–Crippen LogP) is 4.44. The summed E-state index contributed by atoms with van der Waals surface area (Å²) in [6.07, 6.45) is 7.70. The first-order valence-corrected chi connectivity index (χ1v) is 7.75. The van der Waals surface area contributed by atoms with Crippen molar-refractivity contribution in [3.63, 3.8) is 0 Å². The normalized spacial score (nSPS) is 21.6. The van der Waals surface area contributed by atoms with Gasteiger partial charge < -0.3 is 9.47 Å². The van der Waals surface area contributed by atoms with Crippen molar-refractivity contribution in [3.8, 4) is 5.75 Å². The second kappa shape index (κ2) is 7.87. The Kier molecular flexibility index (Phi) is 5.85. The van der Waals surface area contributed by atoms with Crippen molar-refractivity contribution in [1.82, 2.24) is 0 Å². The molecule has 0 radical (unpaired) electrons. The highest BCUT2D eigenvalue weighted by atomic mass is 16.7. The van der Waals surface area contributed by atoms with Crippen LogP contribution in [-0.2, 0) is 9.53 Å². The third-order valence-corrected chi connectivity index (χ3v) is 4.37. The van der Waals surface area contributed by atoms with Crippen LogP contribution in [0.15, 0.2) is 36.9 Å². The Balaban J connectivity index is 1.82. The Morgan fingerprint density at radius 1 is 1.24 bits per heavy atom. The highest BCUT2D eigenvalue weighted by Gasteiger charge is 2.21. The number of esters is 1. The van der Waals surface area contributed by atoms with E-state index >= 15 is 0 Å². The lowest BCUT2D eigenvalue weighted by Gasteiger charge is -2.28.